The molecule has 0 N–H and O–H groups in total. The molecular weight excluding hydrogens is 234 g/mol. The van der Waals surface area contributed by atoms with E-state index < -0.39 is 5.25 Å². The van der Waals surface area contributed by atoms with Gasteiger partial charge in [0.15, 0.2) is 0 Å². The predicted octanol–water partition coefficient (Wildman–Crippen LogP) is 2.34. The van der Waals surface area contributed by atoms with Crippen molar-refractivity contribution in [2.45, 2.75) is 24.9 Å². The van der Waals surface area contributed by atoms with Gasteiger partial charge in [-0.2, -0.15) is 5.26 Å². The number of Topliss-reactive ketones (excluding diaryl/α,β-unsaturated/α-hetero) is 2. The van der Waals surface area contributed by atoms with Crippen molar-refractivity contribution < 1.29 is 9.59 Å². The maximum atomic E-state index is 11.2. The Bertz CT molecular complexity index is 445. The van der Waals surface area contributed by atoms with Crippen LogP contribution in [0.25, 0.3) is 0 Å². The molecule has 3 nitrogen and oxygen atoms in total. The summed E-state index contributed by atoms with van der Waals surface area (Å²) < 4.78 is 0. The Balaban J connectivity index is 2.63. The lowest BCUT2D eigenvalue weighted by Gasteiger charge is -2.09. The standard InChI is InChI=1S/C13H13NO2S/c1-9(15)13(10(2)16)17-8-12-5-3-11(7-14)4-6-12/h3-6,13H,8H2,1-2H3. The van der Waals surface area contributed by atoms with Crippen molar-refractivity contribution in [3.05, 3.63) is 35.4 Å². The van der Waals surface area contributed by atoms with E-state index in [4.69, 9.17) is 5.26 Å². The normalized spacial score (nSPS) is 10.0. The predicted molar refractivity (Wildman–Crippen MR) is 67.6 cm³/mol. The van der Waals surface area contributed by atoms with Crippen molar-refractivity contribution in [1.29, 1.82) is 5.26 Å². The number of carbonyl (C=O) groups is 2. The molecule has 0 saturated carbocycles. The Morgan fingerprint density at radius 3 is 2.18 bits per heavy atom. The second-order valence-electron chi connectivity index (χ2n) is 3.72. The van der Waals surface area contributed by atoms with Gasteiger partial charge in [0.1, 0.15) is 16.8 Å². The molecule has 1 rings (SSSR count). The number of nitriles is 1. The van der Waals surface area contributed by atoms with Crippen molar-refractivity contribution in [2.24, 2.45) is 0 Å². The summed E-state index contributed by atoms with van der Waals surface area (Å²) in [6.45, 7) is 2.86. The van der Waals surface area contributed by atoms with Gasteiger partial charge in [0.25, 0.3) is 0 Å². The molecule has 0 unspecified atom stereocenters. The number of ketones is 2. The number of nitrogens with zero attached hydrogens (tertiary/aromatic N) is 1. The molecule has 0 bridgehead atoms. The average molecular weight is 247 g/mol. The number of carbonyl (C=O) groups excluding carboxylic acids is 2. The topological polar surface area (TPSA) is 57.9 Å². The van der Waals surface area contributed by atoms with Gasteiger partial charge >= 0.3 is 0 Å². The summed E-state index contributed by atoms with van der Waals surface area (Å²) in [5, 5.41) is 8.07. The molecule has 0 saturated heterocycles. The summed E-state index contributed by atoms with van der Waals surface area (Å²) in [6.07, 6.45) is 0. The van der Waals surface area contributed by atoms with Crippen LogP contribution >= 0.6 is 11.8 Å². The molecule has 88 valence electrons. The molecule has 0 amide bonds. The van der Waals surface area contributed by atoms with Gasteiger partial charge in [0, 0.05) is 5.75 Å². The van der Waals surface area contributed by atoms with Crippen molar-refractivity contribution in [3.8, 4) is 6.07 Å². The van der Waals surface area contributed by atoms with Crippen LogP contribution in [0.1, 0.15) is 25.0 Å². The van der Waals surface area contributed by atoms with Gasteiger partial charge in [-0.05, 0) is 31.5 Å². The number of benzene rings is 1. The molecule has 0 aliphatic heterocycles. The molecule has 0 aromatic heterocycles. The first kappa shape index (κ1) is 13.5. The van der Waals surface area contributed by atoms with E-state index in [-0.39, 0.29) is 11.6 Å². The lowest BCUT2D eigenvalue weighted by Crippen LogP contribution is -2.22. The number of hydrogen-bond donors (Lipinski definition) is 0. The molecule has 1 aromatic carbocycles. The third-order valence-corrected chi connectivity index (χ3v) is 3.74. The maximum Gasteiger partial charge on any atom is 0.150 e. The highest BCUT2D eigenvalue weighted by molar-refractivity contribution is 8.00. The van der Waals surface area contributed by atoms with Gasteiger partial charge in [-0.15, -0.1) is 11.8 Å². The molecular formula is C13H13NO2S. The quantitative estimate of drug-likeness (QED) is 0.749. The van der Waals surface area contributed by atoms with Crippen LogP contribution in [0.5, 0.6) is 0 Å². The monoisotopic (exact) mass is 247 g/mol. The van der Waals surface area contributed by atoms with Gasteiger partial charge < -0.3 is 0 Å². The summed E-state index contributed by atoms with van der Waals surface area (Å²) in [4.78, 5) is 22.4. The van der Waals surface area contributed by atoms with Crippen LogP contribution in [-0.2, 0) is 15.3 Å². The van der Waals surface area contributed by atoms with Crippen LogP contribution in [0.15, 0.2) is 24.3 Å². The van der Waals surface area contributed by atoms with E-state index in [1.807, 2.05) is 18.2 Å². The SMILES string of the molecule is CC(=O)C(SCc1ccc(C#N)cc1)C(C)=O. The van der Waals surface area contributed by atoms with Crippen molar-refractivity contribution in [3.63, 3.8) is 0 Å². The summed E-state index contributed by atoms with van der Waals surface area (Å²) in [7, 11) is 0. The summed E-state index contributed by atoms with van der Waals surface area (Å²) in [6, 6.07) is 9.17. The van der Waals surface area contributed by atoms with Crippen LogP contribution in [0, 0.1) is 11.3 Å². The number of rotatable bonds is 5. The van der Waals surface area contributed by atoms with Gasteiger partial charge in [-0.25, -0.2) is 0 Å². The van der Waals surface area contributed by atoms with E-state index >= 15 is 0 Å². The molecule has 0 aliphatic rings. The Labute approximate surface area is 105 Å². The highest BCUT2D eigenvalue weighted by Gasteiger charge is 2.19. The minimum atomic E-state index is -0.578. The second kappa shape index (κ2) is 6.21. The Kier molecular flexibility index (Phi) is 4.92. The van der Waals surface area contributed by atoms with Crippen molar-refractivity contribution in [2.75, 3.05) is 0 Å². The van der Waals surface area contributed by atoms with E-state index in [1.54, 1.807) is 12.1 Å². The molecule has 1 aromatic rings. The van der Waals surface area contributed by atoms with Gasteiger partial charge in [-0.3, -0.25) is 9.59 Å². The van der Waals surface area contributed by atoms with Gasteiger partial charge in [0.2, 0.25) is 0 Å². The number of thioether (sulfide) groups is 1. The van der Waals surface area contributed by atoms with E-state index in [0.717, 1.165) is 5.56 Å². The molecule has 4 heteroatoms. The minimum absolute atomic E-state index is 0.115. The molecule has 0 atom stereocenters. The van der Waals surface area contributed by atoms with Crippen LogP contribution in [-0.4, -0.2) is 16.8 Å². The van der Waals surface area contributed by atoms with Crippen LogP contribution < -0.4 is 0 Å². The Hall–Kier alpha value is -1.60. The molecule has 0 radical (unpaired) electrons. The van der Waals surface area contributed by atoms with E-state index in [2.05, 4.69) is 0 Å². The second-order valence-corrected chi connectivity index (χ2v) is 4.81. The van der Waals surface area contributed by atoms with Crippen molar-refractivity contribution >= 4 is 23.3 Å². The highest BCUT2D eigenvalue weighted by Crippen LogP contribution is 2.19. The fourth-order valence-electron chi connectivity index (χ4n) is 1.38. The molecule has 0 spiro atoms. The zero-order valence-corrected chi connectivity index (χ0v) is 10.6. The van der Waals surface area contributed by atoms with Crippen LogP contribution in [0.3, 0.4) is 0 Å². The first-order chi connectivity index (χ1) is 8.04. The Morgan fingerprint density at radius 2 is 1.76 bits per heavy atom. The zero-order chi connectivity index (χ0) is 12.8. The lowest BCUT2D eigenvalue weighted by atomic mass is 10.2. The van der Waals surface area contributed by atoms with Crippen LogP contribution in [0.2, 0.25) is 0 Å². The number of hydrogen-bond acceptors (Lipinski definition) is 4. The minimum Gasteiger partial charge on any atom is -0.298 e. The van der Waals surface area contributed by atoms with E-state index in [9.17, 15) is 9.59 Å². The fourth-order valence-corrected chi connectivity index (χ4v) is 2.40. The third kappa shape index (κ3) is 4.04. The summed E-state index contributed by atoms with van der Waals surface area (Å²) >= 11 is 1.32. The van der Waals surface area contributed by atoms with Crippen LogP contribution in [0.4, 0.5) is 0 Å². The smallest absolute Gasteiger partial charge is 0.150 e. The summed E-state index contributed by atoms with van der Waals surface area (Å²) in [5.74, 6) is 0.363. The molecule has 17 heavy (non-hydrogen) atoms. The first-order valence-corrected chi connectivity index (χ1v) is 6.21. The lowest BCUT2D eigenvalue weighted by molar-refractivity contribution is -0.123. The average Bonchev–Trinajstić information content (AvgIpc) is 2.29. The first-order valence-electron chi connectivity index (χ1n) is 5.16. The molecule has 0 aliphatic carbocycles. The fraction of sp³-hybridized carbons (Fsp3) is 0.308. The molecule has 0 heterocycles. The van der Waals surface area contributed by atoms with Gasteiger partial charge in [0.05, 0.1) is 11.6 Å². The molecule has 0 fully saturated rings. The Morgan fingerprint density at radius 1 is 1.24 bits per heavy atom. The maximum absolute atomic E-state index is 11.2. The zero-order valence-electron chi connectivity index (χ0n) is 9.77. The van der Waals surface area contributed by atoms with E-state index in [1.165, 1.54) is 25.6 Å². The summed E-state index contributed by atoms with van der Waals surface area (Å²) in [5.41, 5.74) is 1.61. The third-order valence-electron chi connectivity index (χ3n) is 2.24. The van der Waals surface area contributed by atoms with Crippen molar-refractivity contribution in [1.82, 2.24) is 0 Å². The van der Waals surface area contributed by atoms with E-state index in [0.29, 0.717) is 11.3 Å². The highest BCUT2D eigenvalue weighted by atomic mass is 32.2. The largest absolute Gasteiger partial charge is 0.298 e. The van der Waals surface area contributed by atoms with Gasteiger partial charge in [-0.1, -0.05) is 12.1 Å².